The first-order chi connectivity index (χ1) is 16.5. The van der Waals surface area contributed by atoms with E-state index in [4.69, 9.17) is 10.5 Å². The van der Waals surface area contributed by atoms with Crippen molar-refractivity contribution < 1.29 is 4.74 Å². The highest BCUT2D eigenvalue weighted by Gasteiger charge is 2.36. The molecule has 2 aliphatic rings. The second-order valence-electron chi connectivity index (χ2n) is 8.75. The lowest BCUT2D eigenvalue weighted by molar-refractivity contribution is 0.187. The summed E-state index contributed by atoms with van der Waals surface area (Å²) in [6.07, 6.45) is 7.93. The van der Waals surface area contributed by atoms with Crippen LogP contribution in [0.5, 0.6) is 0 Å². The molecule has 2 N–H and O–H groups in total. The third-order valence-electron chi connectivity index (χ3n) is 6.22. The van der Waals surface area contributed by atoms with Crippen LogP contribution < -0.4 is 5.73 Å². The van der Waals surface area contributed by atoms with Gasteiger partial charge in [0.15, 0.2) is 0 Å². The Kier molecular flexibility index (Phi) is 5.42. The van der Waals surface area contributed by atoms with Crippen molar-refractivity contribution in [2.45, 2.75) is 24.7 Å². The van der Waals surface area contributed by atoms with Crippen LogP contribution in [0, 0.1) is 11.3 Å². The van der Waals surface area contributed by atoms with Crippen LogP contribution in [0.15, 0.2) is 90.5 Å². The molecule has 1 saturated carbocycles. The second kappa shape index (κ2) is 8.56. The molecule has 7 nitrogen and oxygen atoms in total. The maximum atomic E-state index is 10.0. The van der Waals surface area contributed by atoms with Crippen LogP contribution in [-0.2, 0) is 4.74 Å². The number of nitrogens with zero attached hydrogens (tertiary/aromatic N) is 5. The molecule has 34 heavy (non-hydrogen) atoms. The van der Waals surface area contributed by atoms with Crippen molar-refractivity contribution in [3.63, 3.8) is 0 Å². The van der Waals surface area contributed by atoms with Gasteiger partial charge in [-0.3, -0.25) is 4.98 Å². The Morgan fingerprint density at radius 3 is 2.53 bits per heavy atom. The zero-order chi connectivity index (χ0) is 23.8. The third kappa shape index (κ3) is 3.73. The maximum absolute atomic E-state index is 10.0. The van der Waals surface area contributed by atoms with E-state index in [-0.39, 0.29) is 5.88 Å². The summed E-state index contributed by atoms with van der Waals surface area (Å²) in [6, 6.07) is 16.1. The van der Waals surface area contributed by atoms with Crippen LogP contribution in [0.4, 0.5) is 0 Å². The second-order valence-corrected chi connectivity index (χ2v) is 8.75. The zero-order valence-corrected chi connectivity index (χ0v) is 19.3. The first kappa shape index (κ1) is 21.5. The lowest BCUT2D eigenvalue weighted by atomic mass is 9.80. The van der Waals surface area contributed by atoms with Crippen LogP contribution in [0.2, 0.25) is 0 Å². The molecule has 7 heteroatoms. The fraction of sp³-hybridized carbons (Fsp3) is 0.222. The molecule has 1 aliphatic carbocycles. The summed E-state index contributed by atoms with van der Waals surface area (Å²) in [5, 5.41) is 10.0. The van der Waals surface area contributed by atoms with E-state index in [1.54, 1.807) is 6.20 Å². The fourth-order valence-electron chi connectivity index (χ4n) is 4.40. The van der Waals surface area contributed by atoms with E-state index in [0.717, 1.165) is 22.6 Å². The Morgan fingerprint density at radius 1 is 1.15 bits per heavy atom. The van der Waals surface area contributed by atoms with Gasteiger partial charge in [-0.25, -0.2) is 4.98 Å². The molecular weight excluding hydrogens is 424 g/mol. The van der Waals surface area contributed by atoms with Gasteiger partial charge >= 0.3 is 0 Å². The van der Waals surface area contributed by atoms with Crippen molar-refractivity contribution in [2.24, 2.45) is 5.73 Å². The van der Waals surface area contributed by atoms with E-state index in [9.17, 15) is 5.26 Å². The van der Waals surface area contributed by atoms with Crippen molar-refractivity contribution >= 4 is 5.57 Å². The topological polar surface area (TPSA) is 93.0 Å². The predicted molar refractivity (Wildman–Crippen MR) is 130 cm³/mol. The van der Waals surface area contributed by atoms with E-state index in [0.29, 0.717) is 28.6 Å². The molecule has 1 unspecified atom stereocenters. The molecule has 0 bridgehead atoms. The number of hydrogen-bond acceptors (Lipinski definition) is 6. The van der Waals surface area contributed by atoms with Crippen LogP contribution >= 0.6 is 0 Å². The van der Waals surface area contributed by atoms with Gasteiger partial charge in [-0.15, -0.1) is 0 Å². The number of hydrogen-bond donors (Lipinski definition) is 1. The summed E-state index contributed by atoms with van der Waals surface area (Å²) in [7, 11) is 3.76. The lowest BCUT2D eigenvalue weighted by Crippen LogP contribution is -2.28. The summed E-state index contributed by atoms with van der Waals surface area (Å²) in [6.45, 7) is 4.33. The summed E-state index contributed by atoms with van der Waals surface area (Å²) in [4.78, 5) is 10.9. The Labute approximate surface area is 199 Å². The van der Waals surface area contributed by atoms with Gasteiger partial charge in [0, 0.05) is 55.4 Å². The number of ether oxygens (including phenoxy) is 1. The van der Waals surface area contributed by atoms with Gasteiger partial charge in [-0.05, 0) is 42.7 Å². The van der Waals surface area contributed by atoms with Crippen molar-refractivity contribution in [2.75, 3.05) is 14.1 Å². The first-order valence-corrected chi connectivity index (χ1v) is 11.2. The Hall–Kier alpha value is -4.31. The first-order valence-electron chi connectivity index (χ1n) is 11.2. The average Bonchev–Trinajstić information content (AvgIpc) is 3.59. The summed E-state index contributed by atoms with van der Waals surface area (Å²) in [5.41, 5.74) is 10.7. The van der Waals surface area contributed by atoms with Gasteiger partial charge in [0.25, 0.3) is 0 Å². The molecule has 0 radical (unpaired) electrons. The predicted octanol–water partition coefficient (Wildman–Crippen LogP) is 4.44. The van der Waals surface area contributed by atoms with Crippen LogP contribution in [-0.4, -0.2) is 33.5 Å². The molecule has 1 fully saturated rings. The van der Waals surface area contributed by atoms with Crippen LogP contribution in [0.1, 0.15) is 41.8 Å². The maximum Gasteiger partial charge on any atom is 0.207 e. The molecule has 1 aromatic carbocycles. The lowest BCUT2D eigenvalue weighted by Gasteiger charge is -2.32. The minimum absolute atomic E-state index is 0.100. The molecule has 2 aromatic heterocycles. The number of benzene rings is 1. The van der Waals surface area contributed by atoms with Gasteiger partial charge in [-0.1, -0.05) is 24.8 Å². The highest BCUT2D eigenvalue weighted by molar-refractivity contribution is 5.80. The fourth-order valence-corrected chi connectivity index (χ4v) is 4.40. The van der Waals surface area contributed by atoms with Crippen LogP contribution in [0.3, 0.4) is 0 Å². The Morgan fingerprint density at radius 2 is 1.91 bits per heavy atom. The normalized spacial score (nSPS) is 17.9. The van der Waals surface area contributed by atoms with Gasteiger partial charge < -0.3 is 19.9 Å². The molecule has 3 heterocycles. The van der Waals surface area contributed by atoms with E-state index in [1.165, 1.54) is 12.8 Å². The number of pyridine rings is 1. The quantitative estimate of drug-likeness (QED) is 0.597. The van der Waals surface area contributed by atoms with Gasteiger partial charge in [-0.2, -0.15) is 5.26 Å². The van der Waals surface area contributed by atoms with E-state index in [2.05, 4.69) is 39.3 Å². The number of nitriles is 1. The monoisotopic (exact) mass is 450 g/mol. The van der Waals surface area contributed by atoms with Crippen LogP contribution in [0.25, 0.3) is 11.3 Å². The van der Waals surface area contributed by atoms with E-state index >= 15 is 0 Å². The van der Waals surface area contributed by atoms with Crippen molar-refractivity contribution in [1.82, 2.24) is 19.4 Å². The molecule has 5 rings (SSSR count). The average molecular weight is 451 g/mol. The highest BCUT2D eigenvalue weighted by Crippen LogP contribution is 2.45. The zero-order valence-electron chi connectivity index (χ0n) is 19.3. The smallest absolute Gasteiger partial charge is 0.207 e. The molecule has 0 amide bonds. The highest BCUT2D eigenvalue weighted by atomic mass is 16.5. The molecule has 1 aliphatic heterocycles. The standard InChI is InChI=1S/C27H26N6O/c1-17(22-6-4-5-13-30-22)23-24(21(16-28)25(29)34-27(23)32(2)3)18-9-11-20(12-10-18)33-15-14-31-26(33)19-7-8-19/h4-6,9-15,19,24H,1,7-8,29H2,2-3H3. The largest absolute Gasteiger partial charge is 0.424 e. The van der Waals surface area contributed by atoms with Crippen molar-refractivity contribution in [3.05, 3.63) is 108 Å². The number of aromatic nitrogens is 3. The minimum atomic E-state index is -0.439. The number of rotatable bonds is 6. The Bertz CT molecular complexity index is 1340. The van der Waals surface area contributed by atoms with E-state index < -0.39 is 5.92 Å². The third-order valence-corrected chi connectivity index (χ3v) is 6.22. The summed E-state index contributed by atoms with van der Waals surface area (Å²) < 4.78 is 8.06. The SMILES string of the molecule is C=C(C1=C(N(C)C)OC(N)=C(C#N)C1c1ccc(-n2ccnc2C2CC2)cc1)c1ccccn1. The number of imidazole rings is 1. The van der Waals surface area contributed by atoms with Gasteiger partial charge in [0.05, 0.1) is 11.6 Å². The molecule has 0 saturated heterocycles. The molecule has 170 valence electrons. The Balaban J connectivity index is 1.61. The summed E-state index contributed by atoms with van der Waals surface area (Å²) in [5.74, 6) is 1.84. The van der Waals surface area contributed by atoms with Gasteiger partial charge in [0.2, 0.25) is 11.8 Å². The van der Waals surface area contributed by atoms with Crippen molar-refractivity contribution in [1.29, 1.82) is 5.26 Å². The van der Waals surface area contributed by atoms with E-state index in [1.807, 2.05) is 61.7 Å². The number of nitrogens with two attached hydrogens (primary N) is 1. The molecule has 3 aromatic rings. The molecular formula is C27H26N6O. The molecule has 1 atom stereocenters. The molecule has 0 spiro atoms. The summed E-state index contributed by atoms with van der Waals surface area (Å²) >= 11 is 0. The minimum Gasteiger partial charge on any atom is -0.424 e. The van der Waals surface area contributed by atoms with Crippen molar-refractivity contribution in [3.8, 4) is 11.8 Å². The van der Waals surface area contributed by atoms with Gasteiger partial charge in [0.1, 0.15) is 17.5 Å². The number of allylic oxidation sites excluding steroid dienone is 3.